The van der Waals surface area contributed by atoms with Crippen LogP contribution in [0.15, 0.2) is 0 Å². The van der Waals surface area contributed by atoms with Crippen LogP contribution in [-0.2, 0) is 9.53 Å². The molecule has 0 spiro atoms. The fourth-order valence-corrected chi connectivity index (χ4v) is 1.82. The lowest BCUT2D eigenvalue weighted by Crippen LogP contribution is -2.19. The molecule has 0 aromatic carbocycles. The molecular weight excluding hydrogens is 194 g/mol. The van der Waals surface area contributed by atoms with Gasteiger partial charge in [-0.2, -0.15) is 0 Å². The van der Waals surface area contributed by atoms with Gasteiger partial charge in [-0.25, -0.2) is 0 Å². The van der Waals surface area contributed by atoms with Crippen molar-refractivity contribution in [1.82, 2.24) is 5.32 Å². The molecule has 0 radical (unpaired) electrons. The van der Waals surface area contributed by atoms with E-state index >= 15 is 0 Å². The van der Waals surface area contributed by atoms with Gasteiger partial charge < -0.3 is 15.2 Å². The highest BCUT2D eigenvalue weighted by molar-refractivity contribution is 5.66. The lowest BCUT2D eigenvalue weighted by molar-refractivity contribution is -0.137. The molecule has 1 rings (SSSR count). The Bertz CT molecular complexity index is 179. The second kappa shape index (κ2) is 7.65. The Kier molecular flexibility index (Phi) is 6.36. The number of rotatable bonds is 8. The minimum Gasteiger partial charge on any atom is -0.481 e. The van der Waals surface area contributed by atoms with E-state index in [2.05, 4.69) is 5.32 Å². The Morgan fingerprint density at radius 3 is 2.87 bits per heavy atom. The number of ether oxygens (including phenoxy) is 1. The average Bonchev–Trinajstić information content (AvgIpc) is 2.68. The Labute approximate surface area is 91.0 Å². The summed E-state index contributed by atoms with van der Waals surface area (Å²) < 4.78 is 5.51. The van der Waals surface area contributed by atoms with Crippen LogP contribution in [0.4, 0.5) is 0 Å². The Morgan fingerprint density at radius 1 is 1.40 bits per heavy atom. The number of aliphatic carboxylic acids is 1. The van der Waals surface area contributed by atoms with Crippen molar-refractivity contribution in [3.63, 3.8) is 0 Å². The van der Waals surface area contributed by atoms with Crippen molar-refractivity contribution in [2.75, 3.05) is 19.7 Å². The van der Waals surface area contributed by atoms with Crippen LogP contribution in [0, 0.1) is 0 Å². The molecule has 2 N–H and O–H groups in total. The predicted octanol–water partition coefficient (Wildman–Crippen LogP) is 1.40. The second-order valence-electron chi connectivity index (χ2n) is 4.02. The van der Waals surface area contributed by atoms with E-state index in [1.165, 1.54) is 12.8 Å². The first kappa shape index (κ1) is 12.5. The molecule has 1 atom stereocenters. The highest BCUT2D eigenvalue weighted by Crippen LogP contribution is 2.16. The second-order valence-corrected chi connectivity index (χ2v) is 4.02. The van der Waals surface area contributed by atoms with E-state index in [1.54, 1.807) is 0 Å². The van der Waals surface area contributed by atoms with Gasteiger partial charge in [0.15, 0.2) is 0 Å². The summed E-state index contributed by atoms with van der Waals surface area (Å²) in [4.78, 5) is 10.2. The van der Waals surface area contributed by atoms with Crippen molar-refractivity contribution in [1.29, 1.82) is 0 Å². The molecule has 0 aliphatic carbocycles. The fraction of sp³-hybridized carbons (Fsp3) is 0.909. The summed E-state index contributed by atoms with van der Waals surface area (Å²) in [6.07, 6.45) is 6.12. The van der Waals surface area contributed by atoms with E-state index in [0.29, 0.717) is 6.10 Å². The first-order chi connectivity index (χ1) is 7.29. The number of carboxylic acid groups (broad SMARTS) is 1. The molecule has 0 aromatic rings. The van der Waals surface area contributed by atoms with Crippen LogP contribution in [0.2, 0.25) is 0 Å². The molecular formula is C11H21NO3. The zero-order valence-corrected chi connectivity index (χ0v) is 9.21. The van der Waals surface area contributed by atoms with Crippen LogP contribution in [-0.4, -0.2) is 36.9 Å². The smallest absolute Gasteiger partial charge is 0.303 e. The summed E-state index contributed by atoms with van der Waals surface area (Å²) in [5.74, 6) is -0.712. The van der Waals surface area contributed by atoms with E-state index in [9.17, 15) is 4.79 Å². The number of nitrogens with one attached hydrogen (secondary N) is 1. The maximum atomic E-state index is 10.2. The minimum absolute atomic E-state index is 0.263. The number of hydrogen-bond acceptors (Lipinski definition) is 3. The molecule has 1 unspecified atom stereocenters. The van der Waals surface area contributed by atoms with Crippen LogP contribution < -0.4 is 5.32 Å². The third-order valence-electron chi connectivity index (χ3n) is 2.65. The predicted molar refractivity (Wildman–Crippen MR) is 57.9 cm³/mol. The summed E-state index contributed by atoms with van der Waals surface area (Å²) in [5, 5.41) is 11.7. The molecule has 4 nitrogen and oxygen atoms in total. The maximum Gasteiger partial charge on any atom is 0.303 e. The van der Waals surface area contributed by atoms with E-state index < -0.39 is 5.97 Å². The molecule has 1 fully saturated rings. The highest BCUT2D eigenvalue weighted by atomic mass is 16.5. The Morgan fingerprint density at radius 2 is 2.20 bits per heavy atom. The van der Waals surface area contributed by atoms with Crippen LogP contribution >= 0.6 is 0 Å². The van der Waals surface area contributed by atoms with Gasteiger partial charge in [-0.3, -0.25) is 4.79 Å². The normalized spacial score (nSPS) is 20.7. The van der Waals surface area contributed by atoms with Gasteiger partial charge in [0.25, 0.3) is 0 Å². The SMILES string of the molecule is O=C(O)CCCNCCCC1CCCO1. The van der Waals surface area contributed by atoms with Crippen LogP contribution in [0.1, 0.15) is 38.5 Å². The third-order valence-corrected chi connectivity index (χ3v) is 2.65. The topological polar surface area (TPSA) is 58.6 Å². The molecule has 0 saturated carbocycles. The van der Waals surface area contributed by atoms with Gasteiger partial charge in [0.2, 0.25) is 0 Å². The van der Waals surface area contributed by atoms with Crippen molar-refractivity contribution in [3.05, 3.63) is 0 Å². The summed E-state index contributed by atoms with van der Waals surface area (Å²) in [6, 6.07) is 0. The molecule has 88 valence electrons. The number of carbonyl (C=O) groups is 1. The van der Waals surface area contributed by atoms with Gasteiger partial charge in [-0.15, -0.1) is 0 Å². The monoisotopic (exact) mass is 215 g/mol. The van der Waals surface area contributed by atoms with Gasteiger partial charge in [0.1, 0.15) is 0 Å². The van der Waals surface area contributed by atoms with E-state index in [-0.39, 0.29) is 6.42 Å². The lowest BCUT2D eigenvalue weighted by Gasteiger charge is -2.09. The highest BCUT2D eigenvalue weighted by Gasteiger charge is 2.14. The van der Waals surface area contributed by atoms with Crippen molar-refractivity contribution in [2.45, 2.75) is 44.6 Å². The fourth-order valence-electron chi connectivity index (χ4n) is 1.82. The molecule has 0 amide bonds. The molecule has 1 aliphatic rings. The Balaban J connectivity index is 1.78. The zero-order valence-electron chi connectivity index (χ0n) is 9.21. The van der Waals surface area contributed by atoms with Crippen molar-refractivity contribution < 1.29 is 14.6 Å². The van der Waals surface area contributed by atoms with Gasteiger partial charge in [0.05, 0.1) is 6.10 Å². The van der Waals surface area contributed by atoms with Crippen LogP contribution in [0.3, 0.4) is 0 Å². The van der Waals surface area contributed by atoms with Crippen LogP contribution in [0.25, 0.3) is 0 Å². The van der Waals surface area contributed by atoms with Gasteiger partial charge in [-0.1, -0.05) is 0 Å². The number of hydrogen-bond donors (Lipinski definition) is 2. The third kappa shape index (κ3) is 6.47. The maximum absolute atomic E-state index is 10.2. The summed E-state index contributed by atoms with van der Waals surface area (Å²) >= 11 is 0. The van der Waals surface area contributed by atoms with Crippen LogP contribution in [0.5, 0.6) is 0 Å². The average molecular weight is 215 g/mol. The Hall–Kier alpha value is -0.610. The van der Waals surface area contributed by atoms with Crippen molar-refractivity contribution >= 4 is 5.97 Å². The molecule has 15 heavy (non-hydrogen) atoms. The number of carboxylic acids is 1. The molecule has 1 heterocycles. The molecule has 1 aliphatic heterocycles. The van der Waals surface area contributed by atoms with Gasteiger partial charge >= 0.3 is 5.97 Å². The molecule has 1 saturated heterocycles. The van der Waals surface area contributed by atoms with Gasteiger partial charge in [0, 0.05) is 13.0 Å². The first-order valence-electron chi connectivity index (χ1n) is 5.83. The van der Waals surface area contributed by atoms with Crippen molar-refractivity contribution in [2.24, 2.45) is 0 Å². The minimum atomic E-state index is -0.712. The molecule has 4 heteroatoms. The summed E-state index contributed by atoms with van der Waals surface area (Å²) in [6.45, 7) is 2.70. The standard InChI is InChI=1S/C11H21NO3/c13-11(14)6-2-8-12-7-1-4-10-5-3-9-15-10/h10,12H,1-9H2,(H,13,14). The quantitative estimate of drug-likeness (QED) is 0.601. The largest absolute Gasteiger partial charge is 0.481 e. The molecule has 0 aromatic heterocycles. The lowest BCUT2D eigenvalue weighted by atomic mass is 10.1. The molecule has 0 bridgehead atoms. The van der Waals surface area contributed by atoms with Gasteiger partial charge in [-0.05, 0) is 45.2 Å². The van der Waals surface area contributed by atoms with E-state index in [1.807, 2.05) is 0 Å². The van der Waals surface area contributed by atoms with E-state index in [4.69, 9.17) is 9.84 Å². The van der Waals surface area contributed by atoms with Crippen molar-refractivity contribution in [3.8, 4) is 0 Å². The first-order valence-corrected chi connectivity index (χ1v) is 5.83. The van der Waals surface area contributed by atoms with E-state index in [0.717, 1.165) is 39.0 Å². The zero-order chi connectivity index (χ0) is 10.9. The summed E-state index contributed by atoms with van der Waals surface area (Å²) in [5.41, 5.74) is 0. The summed E-state index contributed by atoms with van der Waals surface area (Å²) in [7, 11) is 0.